The Kier molecular flexibility index (Phi) is 8.94. The number of carbonyl (C=O) groups excluding carboxylic acids is 3. The van der Waals surface area contributed by atoms with Gasteiger partial charge in [0.1, 0.15) is 11.6 Å². The molecule has 3 aromatic rings. The summed E-state index contributed by atoms with van der Waals surface area (Å²) < 4.78 is 20.9. The van der Waals surface area contributed by atoms with Gasteiger partial charge in [-0.05, 0) is 85.5 Å². The zero-order valence-electron chi connectivity index (χ0n) is 23.4. The van der Waals surface area contributed by atoms with Gasteiger partial charge in [-0.25, -0.2) is 4.39 Å². The Morgan fingerprint density at radius 1 is 1.05 bits per heavy atom. The third kappa shape index (κ3) is 6.49. The van der Waals surface area contributed by atoms with Gasteiger partial charge in [0, 0.05) is 48.1 Å². The van der Waals surface area contributed by atoms with Crippen LogP contribution in [-0.4, -0.2) is 42.8 Å². The number of ether oxygens (including phenoxy) is 1. The quantitative estimate of drug-likeness (QED) is 0.294. The zero-order valence-corrected chi connectivity index (χ0v) is 24.9. The van der Waals surface area contributed by atoms with Crippen LogP contribution in [0.1, 0.15) is 60.4 Å². The molecule has 216 valence electrons. The lowest BCUT2D eigenvalue weighted by Gasteiger charge is -2.41. The lowest BCUT2D eigenvalue weighted by Crippen LogP contribution is -2.46. The highest BCUT2D eigenvalue weighted by molar-refractivity contribution is 6.31. The van der Waals surface area contributed by atoms with Gasteiger partial charge in [-0.2, -0.15) is 0 Å². The molecular formula is C31H32Cl2FN3O4. The van der Waals surface area contributed by atoms with Crippen molar-refractivity contribution in [2.75, 3.05) is 19.4 Å². The average molecular weight is 601 g/mol. The van der Waals surface area contributed by atoms with Crippen LogP contribution in [0.25, 0.3) is 0 Å². The molecule has 1 saturated heterocycles. The number of hydrogen-bond donors (Lipinski definition) is 2. The zero-order chi connectivity index (χ0) is 30.1. The number of halogens is 3. The van der Waals surface area contributed by atoms with E-state index in [1.165, 1.54) is 17.0 Å². The largest absolute Gasteiger partial charge is 0.478 e. The van der Waals surface area contributed by atoms with E-state index in [0.29, 0.717) is 44.6 Å². The van der Waals surface area contributed by atoms with E-state index in [9.17, 15) is 18.8 Å². The fraction of sp³-hybridized carbons (Fsp3) is 0.323. The van der Waals surface area contributed by atoms with Crippen LogP contribution in [0.2, 0.25) is 10.0 Å². The summed E-state index contributed by atoms with van der Waals surface area (Å²) in [5.74, 6) is -1.65. The predicted molar refractivity (Wildman–Crippen MR) is 158 cm³/mol. The summed E-state index contributed by atoms with van der Waals surface area (Å²) in [7, 11) is 3.29. The Bertz CT molecular complexity index is 1490. The van der Waals surface area contributed by atoms with Gasteiger partial charge in [0.15, 0.2) is 5.60 Å². The van der Waals surface area contributed by atoms with Gasteiger partial charge in [0.2, 0.25) is 12.3 Å². The van der Waals surface area contributed by atoms with Gasteiger partial charge >= 0.3 is 0 Å². The Balaban J connectivity index is 1.97. The number of hydrogen-bond acceptors (Lipinski definition) is 4. The molecule has 3 amide bonds. The monoisotopic (exact) mass is 599 g/mol. The molecule has 0 bridgehead atoms. The van der Waals surface area contributed by atoms with Crippen molar-refractivity contribution in [1.29, 1.82) is 0 Å². The fourth-order valence-electron chi connectivity index (χ4n) is 5.57. The van der Waals surface area contributed by atoms with Gasteiger partial charge in [-0.15, -0.1) is 0 Å². The van der Waals surface area contributed by atoms with Crippen molar-refractivity contribution < 1.29 is 23.5 Å². The Hall–Kier alpha value is -3.62. The number of carbonyl (C=O) groups is 3. The lowest BCUT2D eigenvalue weighted by molar-refractivity contribution is -0.142. The molecule has 0 radical (unpaired) electrons. The van der Waals surface area contributed by atoms with Crippen LogP contribution in [0.3, 0.4) is 0 Å². The SMILES string of the molecule is Cc1ccc(F)cc1C1NC(=O)CC(c2cc(Cl)ccc2OC(C)(C)C(=O)N(C)C)C1c1ccc(Cl)cc1NC=O. The first-order chi connectivity index (χ1) is 19.3. The summed E-state index contributed by atoms with van der Waals surface area (Å²) in [5, 5.41) is 6.60. The molecular weight excluding hydrogens is 568 g/mol. The fourth-order valence-corrected chi connectivity index (χ4v) is 5.92. The smallest absolute Gasteiger partial charge is 0.265 e. The molecule has 0 spiro atoms. The van der Waals surface area contributed by atoms with E-state index in [1.807, 2.05) is 6.92 Å². The second-order valence-corrected chi connectivity index (χ2v) is 11.7. The van der Waals surface area contributed by atoms with Crippen molar-refractivity contribution in [1.82, 2.24) is 10.2 Å². The van der Waals surface area contributed by atoms with Gasteiger partial charge in [0.05, 0.1) is 6.04 Å². The van der Waals surface area contributed by atoms with Crippen molar-refractivity contribution in [3.63, 3.8) is 0 Å². The van der Waals surface area contributed by atoms with Crippen LogP contribution in [0, 0.1) is 12.7 Å². The second-order valence-electron chi connectivity index (χ2n) is 10.9. The number of nitrogens with one attached hydrogen (secondary N) is 2. The first-order valence-electron chi connectivity index (χ1n) is 13.1. The van der Waals surface area contributed by atoms with E-state index in [1.54, 1.807) is 70.4 Å². The molecule has 3 atom stereocenters. The molecule has 0 aromatic heterocycles. The lowest BCUT2D eigenvalue weighted by atomic mass is 9.70. The molecule has 2 N–H and O–H groups in total. The highest BCUT2D eigenvalue weighted by Crippen LogP contribution is 2.52. The minimum atomic E-state index is -1.23. The van der Waals surface area contributed by atoms with Crippen LogP contribution in [0.15, 0.2) is 54.6 Å². The van der Waals surface area contributed by atoms with Gasteiger partial charge in [0.25, 0.3) is 5.91 Å². The van der Waals surface area contributed by atoms with E-state index < -0.39 is 29.3 Å². The summed E-state index contributed by atoms with van der Waals surface area (Å²) in [6.45, 7) is 5.18. The van der Waals surface area contributed by atoms with Crippen LogP contribution in [0.5, 0.6) is 5.75 Å². The van der Waals surface area contributed by atoms with Crippen molar-refractivity contribution in [2.24, 2.45) is 0 Å². The standard InChI is InChI=1S/C31H32Cl2FN3O4/c1-17-6-9-20(34)14-22(17)29-28(21-10-7-19(33)13-25(21)35-16-38)24(15-27(39)36-29)23-12-18(32)8-11-26(23)41-31(2,3)30(40)37(4)5/h6-14,16,24,28-29H,15H2,1-5H3,(H,35,38)(H,36,39). The Morgan fingerprint density at radius 3 is 2.41 bits per heavy atom. The molecule has 1 aliphatic heterocycles. The van der Waals surface area contributed by atoms with E-state index >= 15 is 0 Å². The molecule has 0 aliphatic carbocycles. The topological polar surface area (TPSA) is 87.7 Å². The van der Waals surface area contributed by atoms with Crippen LogP contribution in [-0.2, 0) is 14.4 Å². The molecule has 0 saturated carbocycles. The van der Waals surface area contributed by atoms with E-state index in [4.69, 9.17) is 27.9 Å². The van der Waals surface area contributed by atoms with Gasteiger partial charge in [-0.1, -0.05) is 35.3 Å². The van der Waals surface area contributed by atoms with Crippen molar-refractivity contribution in [3.05, 3.63) is 92.7 Å². The number of nitrogens with zero attached hydrogens (tertiary/aromatic N) is 1. The molecule has 7 nitrogen and oxygen atoms in total. The number of rotatable bonds is 8. The molecule has 4 rings (SSSR count). The van der Waals surface area contributed by atoms with Crippen LogP contribution >= 0.6 is 23.2 Å². The highest BCUT2D eigenvalue weighted by atomic mass is 35.5. The maximum Gasteiger partial charge on any atom is 0.265 e. The summed E-state index contributed by atoms with van der Waals surface area (Å²) in [6, 6.07) is 13.9. The average Bonchev–Trinajstić information content (AvgIpc) is 2.90. The van der Waals surface area contributed by atoms with Crippen molar-refractivity contribution >= 4 is 47.1 Å². The maximum atomic E-state index is 14.6. The predicted octanol–water partition coefficient (Wildman–Crippen LogP) is 6.38. The second kappa shape index (κ2) is 12.1. The summed E-state index contributed by atoms with van der Waals surface area (Å²) >= 11 is 12.8. The van der Waals surface area contributed by atoms with Crippen LogP contribution < -0.4 is 15.4 Å². The van der Waals surface area contributed by atoms with E-state index in [2.05, 4.69) is 10.6 Å². The molecule has 10 heteroatoms. The number of piperidine rings is 1. The molecule has 1 heterocycles. The molecule has 3 unspecified atom stereocenters. The third-order valence-electron chi connectivity index (χ3n) is 7.34. The number of benzene rings is 3. The highest BCUT2D eigenvalue weighted by Gasteiger charge is 2.43. The molecule has 1 aliphatic rings. The van der Waals surface area contributed by atoms with Crippen molar-refractivity contribution in [2.45, 2.75) is 50.7 Å². The minimum Gasteiger partial charge on any atom is -0.478 e. The minimum absolute atomic E-state index is 0.0391. The van der Waals surface area contributed by atoms with Gasteiger partial charge in [-0.3, -0.25) is 14.4 Å². The normalized spacial score (nSPS) is 18.8. The first kappa shape index (κ1) is 30.3. The molecule has 1 fully saturated rings. The Labute approximate surface area is 249 Å². The number of amides is 3. The Morgan fingerprint density at radius 2 is 1.73 bits per heavy atom. The van der Waals surface area contributed by atoms with E-state index in [0.717, 1.165) is 5.56 Å². The van der Waals surface area contributed by atoms with Crippen molar-refractivity contribution in [3.8, 4) is 5.75 Å². The molecule has 41 heavy (non-hydrogen) atoms. The maximum absolute atomic E-state index is 14.6. The summed E-state index contributed by atoms with van der Waals surface area (Å²) in [5.41, 5.74) is 1.86. The third-order valence-corrected chi connectivity index (χ3v) is 7.81. The summed E-state index contributed by atoms with van der Waals surface area (Å²) in [6.07, 6.45) is 0.592. The number of likely N-dealkylation sites (N-methyl/N-ethyl adjacent to an activating group) is 1. The number of anilines is 1. The van der Waals surface area contributed by atoms with E-state index in [-0.39, 0.29) is 18.2 Å². The first-order valence-corrected chi connectivity index (χ1v) is 13.8. The van der Waals surface area contributed by atoms with Gasteiger partial charge < -0.3 is 20.3 Å². The van der Waals surface area contributed by atoms with Crippen LogP contribution in [0.4, 0.5) is 10.1 Å². The molecule has 3 aromatic carbocycles. The summed E-state index contributed by atoms with van der Waals surface area (Å²) in [4.78, 5) is 39.3. The number of aryl methyl sites for hydroxylation is 1.